The number of ether oxygens (including phenoxy) is 1. The molecule has 3 aliphatic rings. The molecule has 2 aromatic rings. The van der Waals surface area contributed by atoms with Gasteiger partial charge in [-0.15, -0.1) is 0 Å². The van der Waals surface area contributed by atoms with Crippen LogP contribution in [0.1, 0.15) is 15.9 Å². The molecule has 1 spiro atoms. The summed E-state index contributed by atoms with van der Waals surface area (Å²) in [4.78, 5) is 17.1. The summed E-state index contributed by atoms with van der Waals surface area (Å²) in [5.41, 5.74) is 3.30. The number of nitrogens with zero attached hydrogens (tertiary/aromatic N) is 2. The van der Waals surface area contributed by atoms with Crippen LogP contribution in [0.2, 0.25) is 0 Å². The maximum absolute atomic E-state index is 13.0. The van der Waals surface area contributed by atoms with E-state index in [2.05, 4.69) is 11.0 Å². The molecule has 0 unspecified atom stereocenters. The molecule has 1 N–H and O–H groups in total. The van der Waals surface area contributed by atoms with E-state index in [1.54, 1.807) is 12.1 Å². The Morgan fingerprint density at radius 3 is 2.86 bits per heavy atom. The molecule has 1 fully saturated rings. The lowest BCUT2D eigenvalue weighted by atomic mass is 10.1. The molecule has 1 saturated heterocycles. The van der Waals surface area contributed by atoms with E-state index in [4.69, 9.17) is 4.74 Å². The largest absolute Gasteiger partial charge is 0.504 e. The molecule has 3 heterocycles. The summed E-state index contributed by atoms with van der Waals surface area (Å²) in [5.74, 6) is 0.376. The Hall–Kier alpha value is -2.69. The van der Waals surface area contributed by atoms with Gasteiger partial charge in [0.05, 0.1) is 24.9 Å². The van der Waals surface area contributed by atoms with Crippen LogP contribution in [0.15, 0.2) is 36.4 Å². The molecule has 0 aliphatic carbocycles. The number of hydrogen-bond donors (Lipinski definition) is 1. The van der Waals surface area contributed by atoms with Crippen molar-refractivity contribution in [3.63, 3.8) is 0 Å². The van der Waals surface area contributed by atoms with Gasteiger partial charge in [0.2, 0.25) is 0 Å². The van der Waals surface area contributed by atoms with Gasteiger partial charge in [-0.1, -0.05) is 18.2 Å². The van der Waals surface area contributed by atoms with Crippen molar-refractivity contribution in [2.45, 2.75) is 12.1 Å². The number of anilines is 2. The predicted molar refractivity (Wildman–Crippen MR) is 81.7 cm³/mol. The van der Waals surface area contributed by atoms with Crippen molar-refractivity contribution in [3.8, 4) is 11.5 Å². The molecule has 5 nitrogen and oxygen atoms in total. The van der Waals surface area contributed by atoms with E-state index in [0.717, 1.165) is 24.3 Å². The second kappa shape index (κ2) is 3.55. The summed E-state index contributed by atoms with van der Waals surface area (Å²) in [6.45, 7) is 0.798. The van der Waals surface area contributed by atoms with Gasteiger partial charge in [0.15, 0.2) is 11.5 Å². The molecule has 0 bridgehead atoms. The summed E-state index contributed by atoms with van der Waals surface area (Å²) in [5, 5.41) is 10.0. The minimum absolute atomic E-state index is 0.0213. The third-order valence-electron chi connectivity index (χ3n) is 4.95. The number of methoxy groups -OCH3 is 1. The monoisotopic (exact) mass is 294 g/mol. The number of para-hydroxylation sites is 1. The molecule has 0 aromatic heterocycles. The number of phenols is 1. The van der Waals surface area contributed by atoms with Gasteiger partial charge in [0.1, 0.15) is 5.66 Å². The molecular weight excluding hydrogens is 280 g/mol. The summed E-state index contributed by atoms with van der Waals surface area (Å²) in [6.07, 6.45) is 0.834. The van der Waals surface area contributed by atoms with Crippen molar-refractivity contribution in [2.24, 2.45) is 0 Å². The molecule has 0 radical (unpaired) electrons. The molecule has 22 heavy (non-hydrogen) atoms. The maximum atomic E-state index is 13.0. The van der Waals surface area contributed by atoms with Crippen molar-refractivity contribution >= 4 is 17.3 Å². The minimum atomic E-state index is -0.269. The Bertz CT molecular complexity index is 848. The van der Waals surface area contributed by atoms with Crippen LogP contribution in [0.5, 0.6) is 11.5 Å². The summed E-state index contributed by atoms with van der Waals surface area (Å²) in [7, 11) is 1.49. The van der Waals surface area contributed by atoms with Crippen LogP contribution in [-0.2, 0) is 6.42 Å². The van der Waals surface area contributed by atoms with Crippen molar-refractivity contribution in [1.29, 1.82) is 0 Å². The van der Waals surface area contributed by atoms with Gasteiger partial charge in [-0.05, 0) is 17.7 Å². The zero-order valence-corrected chi connectivity index (χ0v) is 12.0. The molecule has 3 aliphatic heterocycles. The Labute approximate surface area is 127 Å². The van der Waals surface area contributed by atoms with Gasteiger partial charge in [-0.3, -0.25) is 9.69 Å². The van der Waals surface area contributed by atoms with E-state index >= 15 is 0 Å². The molecular formula is C17H14N2O3. The summed E-state index contributed by atoms with van der Waals surface area (Å²) < 4.78 is 5.15. The number of carbonyl (C=O) groups excluding carboxylic acids is 1. The molecule has 0 saturated carbocycles. The molecule has 110 valence electrons. The minimum Gasteiger partial charge on any atom is -0.504 e. The lowest BCUT2D eigenvalue weighted by Crippen LogP contribution is -2.47. The van der Waals surface area contributed by atoms with Crippen molar-refractivity contribution in [2.75, 3.05) is 23.5 Å². The third-order valence-corrected chi connectivity index (χ3v) is 4.95. The highest BCUT2D eigenvalue weighted by atomic mass is 16.5. The lowest BCUT2D eigenvalue weighted by Gasteiger charge is -2.32. The van der Waals surface area contributed by atoms with Crippen molar-refractivity contribution in [1.82, 2.24) is 0 Å². The number of phenolic OH excluding ortho intramolecular Hbond substituents is 1. The van der Waals surface area contributed by atoms with E-state index in [9.17, 15) is 9.90 Å². The smallest absolute Gasteiger partial charge is 0.262 e. The normalized spacial score (nSPS) is 23.6. The van der Waals surface area contributed by atoms with E-state index in [1.807, 2.05) is 23.1 Å². The first kappa shape index (κ1) is 11.9. The Kier molecular flexibility index (Phi) is 1.92. The number of hydrogen-bond acceptors (Lipinski definition) is 4. The first-order valence-electron chi connectivity index (χ1n) is 7.27. The van der Waals surface area contributed by atoms with E-state index in [-0.39, 0.29) is 17.3 Å². The number of fused-ring (bicyclic) bond motifs is 4. The summed E-state index contributed by atoms with van der Waals surface area (Å²) in [6, 6.07) is 11.3. The highest BCUT2D eigenvalue weighted by molar-refractivity contribution is 6.16. The van der Waals surface area contributed by atoms with Gasteiger partial charge >= 0.3 is 0 Å². The average Bonchev–Trinajstić information content (AvgIpc) is 3.12. The van der Waals surface area contributed by atoms with Crippen LogP contribution in [0.4, 0.5) is 11.4 Å². The molecule has 1 atom stereocenters. The highest BCUT2D eigenvalue weighted by Gasteiger charge is 2.65. The second-order valence-corrected chi connectivity index (χ2v) is 6.06. The van der Waals surface area contributed by atoms with E-state index < -0.39 is 0 Å². The summed E-state index contributed by atoms with van der Waals surface area (Å²) >= 11 is 0. The number of aromatic hydroxyl groups is 1. The molecule has 2 aromatic carbocycles. The standard InChI is InChI=1S/C17H14N2O3/c1-22-15-6-11-13(7-14(15)20)18-9-17(18)8-10-4-2-3-5-12(10)19(17)16(11)21/h2-7,20H,8-9H2,1H3/t17-,18?/m0/s1. The molecule has 1 amide bonds. The van der Waals surface area contributed by atoms with Crippen molar-refractivity contribution in [3.05, 3.63) is 47.5 Å². The van der Waals surface area contributed by atoms with Gasteiger partial charge in [-0.2, -0.15) is 0 Å². The Morgan fingerprint density at radius 2 is 2.05 bits per heavy atom. The number of carbonyl (C=O) groups is 1. The SMILES string of the molecule is COc1cc2c(cc1O)N1C[C@@]13Cc1ccccc1N3C2=O. The zero-order chi connectivity index (χ0) is 15.1. The molecule has 5 heteroatoms. The highest BCUT2D eigenvalue weighted by Crippen LogP contribution is 2.56. The average molecular weight is 294 g/mol. The van der Waals surface area contributed by atoms with Gasteiger partial charge in [0.25, 0.3) is 5.91 Å². The second-order valence-electron chi connectivity index (χ2n) is 6.06. The van der Waals surface area contributed by atoms with Crippen LogP contribution in [0.25, 0.3) is 0 Å². The quantitative estimate of drug-likeness (QED) is 0.819. The topological polar surface area (TPSA) is 52.8 Å². The van der Waals surface area contributed by atoms with Crippen LogP contribution in [-0.4, -0.2) is 30.3 Å². The number of rotatable bonds is 1. The predicted octanol–water partition coefficient (Wildman–Crippen LogP) is 2.13. The van der Waals surface area contributed by atoms with Crippen LogP contribution < -0.4 is 14.5 Å². The Balaban J connectivity index is 1.73. The van der Waals surface area contributed by atoms with Gasteiger partial charge in [0, 0.05) is 18.2 Å². The van der Waals surface area contributed by atoms with Crippen LogP contribution in [0.3, 0.4) is 0 Å². The first-order chi connectivity index (χ1) is 10.7. The fourth-order valence-corrected chi connectivity index (χ4v) is 3.89. The number of benzene rings is 2. The van der Waals surface area contributed by atoms with Crippen LogP contribution >= 0.6 is 0 Å². The number of amides is 1. The van der Waals surface area contributed by atoms with E-state index in [1.165, 1.54) is 12.7 Å². The van der Waals surface area contributed by atoms with Crippen LogP contribution in [0, 0.1) is 0 Å². The maximum Gasteiger partial charge on any atom is 0.262 e. The zero-order valence-electron chi connectivity index (χ0n) is 12.0. The first-order valence-corrected chi connectivity index (χ1v) is 7.27. The Morgan fingerprint density at radius 1 is 1.23 bits per heavy atom. The third kappa shape index (κ3) is 1.19. The van der Waals surface area contributed by atoms with Gasteiger partial charge < -0.3 is 14.7 Å². The van der Waals surface area contributed by atoms with E-state index in [0.29, 0.717) is 11.3 Å². The fourth-order valence-electron chi connectivity index (χ4n) is 3.89. The molecule has 5 rings (SSSR count). The van der Waals surface area contributed by atoms with Gasteiger partial charge in [-0.25, -0.2) is 0 Å². The fraction of sp³-hybridized carbons (Fsp3) is 0.235. The van der Waals surface area contributed by atoms with Crippen molar-refractivity contribution < 1.29 is 14.6 Å². The lowest BCUT2D eigenvalue weighted by molar-refractivity contribution is 0.0973.